The Morgan fingerprint density at radius 2 is 2.06 bits per heavy atom. The largest absolute Gasteiger partial charge is 0.464 e. The number of hydrogen-bond donors (Lipinski definition) is 1. The number of rotatable bonds is 6. The molecular formula is C10H18N4OS. The minimum Gasteiger partial charge on any atom is -0.464 e. The average Bonchev–Trinajstić information content (AvgIpc) is 2.16. The van der Waals surface area contributed by atoms with Crippen LogP contribution in [0.4, 0.5) is 5.95 Å². The van der Waals surface area contributed by atoms with E-state index >= 15 is 0 Å². The highest BCUT2D eigenvalue weighted by molar-refractivity contribution is 7.99. The summed E-state index contributed by atoms with van der Waals surface area (Å²) in [5.41, 5.74) is 5.57. The Bertz CT molecular complexity index is 333. The van der Waals surface area contributed by atoms with E-state index < -0.39 is 0 Å². The standard InChI is InChI=1S/C10H18N4OS/c1-4-15-9-12-8(11)13-10(14-9)16-6-5-7(2)3/h7H,4-6H2,1-3H3,(H2,11,12,13,14). The van der Waals surface area contributed by atoms with Gasteiger partial charge < -0.3 is 10.5 Å². The van der Waals surface area contributed by atoms with E-state index in [1.807, 2.05) is 6.92 Å². The molecule has 1 rings (SSSR count). The van der Waals surface area contributed by atoms with Gasteiger partial charge in [0, 0.05) is 5.75 Å². The molecule has 1 heterocycles. The summed E-state index contributed by atoms with van der Waals surface area (Å²) in [5, 5.41) is 0.636. The molecule has 0 radical (unpaired) electrons. The first-order chi connectivity index (χ1) is 7.61. The van der Waals surface area contributed by atoms with E-state index in [1.165, 1.54) is 0 Å². The van der Waals surface area contributed by atoms with Gasteiger partial charge in [0.2, 0.25) is 5.95 Å². The van der Waals surface area contributed by atoms with E-state index in [2.05, 4.69) is 28.8 Å². The van der Waals surface area contributed by atoms with Crippen LogP contribution in [0.5, 0.6) is 6.01 Å². The molecule has 0 atom stereocenters. The summed E-state index contributed by atoms with van der Waals surface area (Å²) in [4.78, 5) is 12.1. The number of nitrogens with two attached hydrogens (primary N) is 1. The topological polar surface area (TPSA) is 73.9 Å². The summed E-state index contributed by atoms with van der Waals surface area (Å²) >= 11 is 1.58. The van der Waals surface area contributed by atoms with Crippen molar-refractivity contribution >= 4 is 17.7 Å². The van der Waals surface area contributed by atoms with Gasteiger partial charge in [-0.05, 0) is 19.3 Å². The van der Waals surface area contributed by atoms with Crippen LogP contribution in [0.3, 0.4) is 0 Å². The summed E-state index contributed by atoms with van der Waals surface area (Å²) in [6, 6.07) is 0.307. The second kappa shape index (κ2) is 6.52. The van der Waals surface area contributed by atoms with Crippen LogP contribution in [0.15, 0.2) is 5.16 Å². The number of anilines is 1. The van der Waals surface area contributed by atoms with Gasteiger partial charge in [0.25, 0.3) is 0 Å². The van der Waals surface area contributed by atoms with Crippen molar-refractivity contribution in [2.24, 2.45) is 5.92 Å². The molecule has 16 heavy (non-hydrogen) atoms. The minimum atomic E-state index is 0.213. The highest BCUT2D eigenvalue weighted by Gasteiger charge is 2.05. The van der Waals surface area contributed by atoms with Crippen LogP contribution in [0.2, 0.25) is 0 Å². The minimum absolute atomic E-state index is 0.213. The molecule has 0 aliphatic rings. The molecule has 6 heteroatoms. The third kappa shape index (κ3) is 4.65. The monoisotopic (exact) mass is 242 g/mol. The van der Waals surface area contributed by atoms with Gasteiger partial charge in [0.1, 0.15) is 0 Å². The van der Waals surface area contributed by atoms with Crippen molar-refractivity contribution in [1.82, 2.24) is 15.0 Å². The van der Waals surface area contributed by atoms with E-state index in [0.717, 1.165) is 12.2 Å². The summed E-state index contributed by atoms with van der Waals surface area (Å²) in [6.45, 7) is 6.78. The van der Waals surface area contributed by atoms with Crippen molar-refractivity contribution in [2.75, 3.05) is 18.1 Å². The molecule has 0 saturated carbocycles. The van der Waals surface area contributed by atoms with Gasteiger partial charge in [-0.25, -0.2) is 0 Å². The zero-order valence-corrected chi connectivity index (χ0v) is 10.8. The molecule has 0 aromatic carbocycles. The number of ether oxygens (including phenoxy) is 1. The second-order valence-electron chi connectivity index (χ2n) is 3.72. The van der Waals surface area contributed by atoms with E-state index in [-0.39, 0.29) is 5.95 Å². The Labute approximate surface area is 100 Å². The van der Waals surface area contributed by atoms with Gasteiger partial charge in [0.15, 0.2) is 5.16 Å². The van der Waals surface area contributed by atoms with Crippen molar-refractivity contribution in [3.63, 3.8) is 0 Å². The van der Waals surface area contributed by atoms with Crippen molar-refractivity contribution in [2.45, 2.75) is 32.3 Å². The van der Waals surface area contributed by atoms with Crippen LogP contribution < -0.4 is 10.5 Å². The van der Waals surface area contributed by atoms with Gasteiger partial charge >= 0.3 is 6.01 Å². The molecule has 1 aromatic heterocycles. The highest BCUT2D eigenvalue weighted by atomic mass is 32.2. The maximum Gasteiger partial charge on any atom is 0.322 e. The maximum atomic E-state index is 5.57. The van der Waals surface area contributed by atoms with E-state index in [9.17, 15) is 0 Å². The zero-order chi connectivity index (χ0) is 12.0. The quantitative estimate of drug-likeness (QED) is 0.769. The fraction of sp³-hybridized carbons (Fsp3) is 0.700. The number of nitrogens with zero attached hydrogens (tertiary/aromatic N) is 3. The summed E-state index contributed by atoms with van der Waals surface area (Å²) < 4.78 is 5.20. The third-order valence-corrected chi connectivity index (χ3v) is 2.69. The molecule has 2 N–H and O–H groups in total. The molecule has 0 aliphatic heterocycles. The van der Waals surface area contributed by atoms with Gasteiger partial charge in [-0.2, -0.15) is 15.0 Å². The normalized spacial score (nSPS) is 10.8. The first kappa shape index (κ1) is 13.0. The lowest BCUT2D eigenvalue weighted by molar-refractivity contribution is 0.308. The number of hydrogen-bond acceptors (Lipinski definition) is 6. The molecule has 0 unspecified atom stereocenters. The molecule has 0 spiro atoms. The molecule has 0 fully saturated rings. The van der Waals surface area contributed by atoms with E-state index in [1.54, 1.807) is 11.8 Å². The summed E-state index contributed by atoms with van der Waals surface area (Å²) in [7, 11) is 0. The molecule has 1 aromatic rings. The summed E-state index contributed by atoms with van der Waals surface area (Å²) in [5.74, 6) is 1.87. The first-order valence-corrected chi connectivity index (χ1v) is 6.37. The Morgan fingerprint density at radius 1 is 1.31 bits per heavy atom. The lowest BCUT2D eigenvalue weighted by Gasteiger charge is -2.05. The van der Waals surface area contributed by atoms with Crippen LogP contribution in [-0.4, -0.2) is 27.3 Å². The lowest BCUT2D eigenvalue weighted by Crippen LogP contribution is -2.04. The summed E-state index contributed by atoms with van der Waals surface area (Å²) in [6.07, 6.45) is 1.13. The van der Waals surface area contributed by atoms with Crippen molar-refractivity contribution in [1.29, 1.82) is 0 Å². The van der Waals surface area contributed by atoms with Crippen molar-refractivity contribution in [3.8, 4) is 6.01 Å². The number of thioether (sulfide) groups is 1. The molecular weight excluding hydrogens is 224 g/mol. The predicted octanol–water partition coefficient (Wildman–Crippen LogP) is 1.99. The van der Waals surface area contributed by atoms with Gasteiger partial charge in [-0.15, -0.1) is 0 Å². The fourth-order valence-corrected chi connectivity index (χ4v) is 2.07. The molecule has 90 valence electrons. The smallest absolute Gasteiger partial charge is 0.322 e. The van der Waals surface area contributed by atoms with Crippen LogP contribution in [0.25, 0.3) is 0 Å². The average molecular weight is 242 g/mol. The highest BCUT2D eigenvalue weighted by Crippen LogP contribution is 2.18. The maximum absolute atomic E-state index is 5.57. The number of nitrogen functional groups attached to an aromatic ring is 1. The van der Waals surface area contributed by atoms with Crippen molar-refractivity contribution < 1.29 is 4.74 Å². The first-order valence-electron chi connectivity index (χ1n) is 5.39. The van der Waals surface area contributed by atoms with Crippen LogP contribution >= 0.6 is 11.8 Å². The zero-order valence-electron chi connectivity index (χ0n) is 9.93. The molecule has 0 amide bonds. The Hall–Kier alpha value is -1.04. The van der Waals surface area contributed by atoms with E-state index in [4.69, 9.17) is 10.5 Å². The number of aromatic nitrogens is 3. The SMILES string of the molecule is CCOc1nc(N)nc(SCCC(C)C)n1. The van der Waals surface area contributed by atoms with Gasteiger partial charge in [-0.1, -0.05) is 25.6 Å². The second-order valence-corrected chi connectivity index (χ2v) is 4.78. The van der Waals surface area contributed by atoms with Gasteiger partial charge in [0.05, 0.1) is 6.61 Å². The predicted molar refractivity (Wildman–Crippen MR) is 65.6 cm³/mol. The van der Waals surface area contributed by atoms with Crippen molar-refractivity contribution in [3.05, 3.63) is 0 Å². The molecule has 5 nitrogen and oxygen atoms in total. The van der Waals surface area contributed by atoms with Crippen LogP contribution in [0.1, 0.15) is 27.2 Å². The third-order valence-electron chi connectivity index (χ3n) is 1.81. The Morgan fingerprint density at radius 3 is 2.69 bits per heavy atom. The Balaban J connectivity index is 2.58. The van der Waals surface area contributed by atoms with Crippen LogP contribution in [0, 0.1) is 5.92 Å². The van der Waals surface area contributed by atoms with Gasteiger partial charge in [-0.3, -0.25) is 0 Å². The fourth-order valence-electron chi connectivity index (χ4n) is 0.997. The lowest BCUT2D eigenvalue weighted by atomic mass is 10.2. The van der Waals surface area contributed by atoms with E-state index in [0.29, 0.717) is 23.7 Å². The molecule has 0 saturated heterocycles. The molecule has 0 bridgehead atoms. The Kier molecular flexibility index (Phi) is 5.31. The van der Waals surface area contributed by atoms with Crippen LogP contribution in [-0.2, 0) is 0 Å². The molecule has 0 aliphatic carbocycles.